The minimum absolute atomic E-state index is 0.151. The topological polar surface area (TPSA) is 64.9 Å². The average Bonchev–Trinajstić information content (AvgIpc) is 3.54. The van der Waals surface area contributed by atoms with Crippen LogP contribution in [0.3, 0.4) is 0 Å². The molecule has 0 aromatic heterocycles. The number of carbonyl (C=O) groups is 1. The van der Waals surface area contributed by atoms with E-state index in [1.807, 2.05) is 6.07 Å². The van der Waals surface area contributed by atoms with Gasteiger partial charge in [-0.05, 0) is 55.6 Å². The predicted molar refractivity (Wildman–Crippen MR) is 97.9 cm³/mol. The number of nitriles is 1. The monoisotopic (exact) mass is 415 g/mol. The molecule has 9 heteroatoms. The smallest absolute Gasteiger partial charge is 0.336 e. The van der Waals surface area contributed by atoms with Crippen molar-refractivity contribution in [3.8, 4) is 6.07 Å². The van der Waals surface area contributed by atoms with Gasteiger partial charge in [0.1, 0.15) is 17.4 Å². The Bertz CT molecular complexity index is 754. The van der Waals surface area contributed by atoms with Gasteiger partial charge in [0.05, 0.1) is 12.1 Å². The lowest BCUT2D eigenvalue weighted by Gasteiger charge is -2.32. The number of hydrogen-bond acceptors (Lipinski definition) is 4. The maximum Gasteiger partial charge on any atom is 0.407 e. The Kier molecular flexibility index (Phi) is 5.92. The van der Waals surface area contributed by atoms with Gasteiger partial charge in [-0.3, -0.25) is 10.1 Å². The summed E-state index contributed by atoms with van der Waals surface area (Å²) in [6.07, 6.45) is -0.203. The molecule has 2 aliphatic rings. The first-order valence-electron chi connectivity index (χ1n) is 9.03. The van der Waals surface area contributed by atoms with E-state index in [0.29, 0.717) is 12.8 Å². The first-order chi connectivity index (χ1) is 13.2. The van der Waals surface area contributed by atoms with Gasteiger partial charge in [-0.15, -0.1) is 0 Å². The molecule has 3 atom stereocenters. The summed E-state index contributed by atoms with van der Waals surface area (Å²) in [5.74, 6) is -1.08. The minimum atomic E-state index is -4.67. The Morgan fingerprint density at radius 1 is 1.29 bits per heavy atom. The van der Waals surface area contributed by atoms with Gasteiger partial charge >= 0.3 is 6.18 Å². The number of thioether (sulfide) groups is 1. The maximum atomic E-state index is 13.8. The fourth-order valence-corrected chi connectivity index (χ4v) is 4.39. The third kappa shape index (κ3) is 4.78. The fourth-order valence-electron chi connectivity index (χ4n) is 3.26. The molecule has 0 spiro atoms. The second kappa shape index (κ2) is 7.91. The van der Waals surface area contributed by atoms with Gasteiger partial charge in [0.2, 0.25) is 5.91 Å². The van der Waals surface area contributed by atoms with E-state index < -0.39 is 35.5 Å². The molecule has 0 heterocycles. The molecule has 0 radical (unpaired) electrons. The van der Waals surface area contributed by atoms with Crippen LogP contribution in [0.2, 0.25) is 0 Å². The van der Waals surface area contributed by atoms with Crippen molar-refractivity contribution in [2.75, 3.05) is 6.26 Å². The van der Waals surface area contributed by atoms with Crippen LogP contribution in [0.4, 0.5) is 17.6 Å². The quantitative estimate of drug-likeness (QED) is 0.636. The first-order valence-corrected chi connectivity index (χ1v) is 10.3. The van der Waals surface area contributed by atoms with Crippen LogP contribution in [0.15, 0.2) is 24.3 Å². The lowest BCUT2D eigenvalue weighted by atomic mass is 10.0. The number of rotatable bonds is 8. The molecule has 4 nitrogen and oxygen atoms in total. The molecule has 28 heavy (non-hydrogen) atoms. The van der Waals surface area contributed by atoms with Crippen LogP contribution in [0.25, 0.3) is 0 Å². The van der Waals surface area contributed by atoms with E-state index in [0.717, 1.165) is 37.1 Å². The Balaban J connectivity index is 1.88. The number of nitrogens with one attached hydrogen (secondary N) is 2. The Morgan fingerprint density at radius 2 is 1.89 bits per heavy atom. The van der Waals surface area contributed by atoms with E-state index in [1.165, 1.54) is 11.8 Å². The van der Waals surface area contributed by atoms with E-state index in [-0.39, 0.29) is 16.7 Å². The SMILES string of the molecule is CSC(C1CC1)C(N[C@@H](c1ccc(F)cc1)C(F)(F)F)C(=O)NC1(C#N)CC1. The minimum Gasteiger partial charge on any atom is -0.336 e. The van der Waals surface area contributed by atoms with Crippen molar-refractivity contribution >= 4 is 17.7 Å². The van der Waals surface area contributed by atoms with Crippen LogP contribution in [0, 0.1) is 23.1 Å². The molecule has 152 valence electrons. The van der Waals surface area contributed by atoms with Crippen LogP contribution in [0.5, 0.6) is 0 Å². The molecule has 0 saturated heterocycles. The third-order valence-electron chi connectivity index (χ3n) is 5.17. The summed E-state index contributed by atoms with van der Waals surface area (Å²) in [6, 6.07) is 2.86. The summed E-state index contributed by atoms with van der Waals surface area (Å²) in [6.45, 7) is 0. The number of halogens is 4. The van der Waals surface area contributed by atoms with Gasteiger partial charge in [0.15, 0.2) is 0 Å². The zero-order valence-corrected chi connectivity index (χ0v) is 16.0. The predicted octanol–water partition coefficient (Wildman–Crippen LogP) is 3.70. The largest absolute Gasteiger partial charge is 0.407 e. The molecule has 0 aliphatic heterocycles. The summed E-state index contributed by atoms with van der Waals surface area (Å²) in [5, 5.41) is 14.0. The van der Waals surface area contributed by atoms with Crippen molar-refractivity contribution in [3.05, 3.63) is 35.6 Å². The highest BCUT2D eigenvalue weighted by Gasteiger charge is 2.50. The van der Waals surface area contributed by atoms with E-state index >= 15 is 0 Å². The van der Waals surface area contributed by atoms with Crippen molar-refractivity contribution in [3.63, 3.8) is 0 Å². The van der Waals surface area contributed by atoms with E-state index in [9.17, 15) is 27.6 Å². The number of amides is 1. The molecule has 1 amide bonds. The van der Waals surface area contributed by atoms with Crippen molar-refractivity contribution in [1.82, 2.24) is 10.6 Å². The van der Waals surface area contributed by atoms with Crippen LogP contribution >= 0.6 is 11.8 Å². The van der Waals surface area contributed by atoms with E-state index in [4.69, 9.17) is 0 Å². The van der Waals surface area contributed by atoms with Crippen molar-refractivity contribution < 1.29 is 22.4 Å². The first kappa shape index (κ1) is 20.9. The van der Waals surface area contributed by atoms with Crippen molar-refractivity contribution in [1.29, 1.82) is 5.26 Å². The number of benzene rings is 1. The fraction of sp³-hybridized carbons (Fsp3) is 0.579. The molecule has 3 rings (SSSR count). The van der Waals surface area contributed by atoms with Gasteiger partial charge in [-0.1, -0.05) is 12.1 Å². The maximum absolute atomic E-state index is 13.8. The van der Waals surface area contributed by atoms with Crippen LogP contribution < -0.4 is 10.6 Å². The van der Waals surface area contributed by atoms with Crippen molar-refractivity contribution in [2.45, 2.75) is 54.7 Å². The zero-order valence-electron chi connectivity index (χ0n) is 15.2. The van der Waals surface area contributed by atoms with Gasteiger partial charge in [0, 0.05) is 5.25 Å². The number of hydrogen-bond donors (Lipinski definition) is 2. The Hall–Kier alpha value is -1.79. The summed E-state index contributed by atoms with van der Waals surface area (Å²) in [4.78, 5) is 12.9. The molecule has 1 aromatic rings. The normalized spacial score (nSPS) is 21.3. The molecule has 2 unspecified atom stereocenters. The second-order valence-corrected chi connectivity index (χ2v) is 8.41. The number of carbonyl (C=O) groups excluding carboxylic acids is 1. The van der Waals surface area contributed by atoms with E-state index in [2.05, 4.69) is 10.6 Å². The van der Waals surface area contributed by atoms with Gasteiger partial charge in [0.25, 0.3) is 0 Å². The van der Waals surface area contributed by atoms with Crippen molar-refractivity contribution in [2.24, 2.45) is 5.92 Å². The van der Waals surface area contributed by atoms with Gasteiger partial charge in [-0.2, -0.15) is 30.2 Å². The highest BCUT2D eigenvalue weighted by atomic mass is 32.2. The molecule has 2 aliphatic carbocycles. The Labute approximate surface area is 165 Å². The molecule has 2 saturated carbocycles. The zero-order chi connectivity index (χ0) is 20.5. The summed E-state index contributed by atoms with van der Waals surface area (Å²) >= 11 is 1.35. The lowest BCUT2D eigenvalue weighted by Crippen LogP contribution is -2.56. The standard InChI is InChI=1S/C19H21F4N3OS/c1-28-15(11-2-3-11)14(17(27)26-18(10-24)8-9-18)25-16(19(21,22)23)12-4-6-13(20)7-5-12/h4-7,11,14-16,25H,2-3,8-9H2,1H3,(H,26,27)/t14?,15?,16-/m0/s1. The molecular formula is C19H21F4N3OS. The number of alkyl halides is 3. The van der Waals surface area contributed by atoms with Gasteiger partial charge in [-0.25, -0.2) is 4.39 Å². The molecule has 2 fully saturated rings. The molecular weight excluding hydrogens is 394 g/mol. The highest BCUT2D eigenvalue weighted by Crippen LogP contribution is 2.42. The second-order valence-electron chi connectivity index (χ2n) is 7.39. The summed E-state index contributed by atoms with van der Waals surface area (Å²) in [5.41, 5.74) is -1.13. The summed E-state index contributed by atoms with van der Waals surface area (Å²) < 4.78 is 54.5. The average molecular weight is 415 g/mol. The lowest BCUT2D eigenvalue weighted by molar-refractivity contribution is -0.161. The molecule has 1 aromatic carbocycles. The summed E-state index contributed by atoms with van der Waals surface area (Å²) in [7, 11) is 0. The van der Waals surface area contributed by atoms with Crippen LogP contribution in [-0.2, 0) is 4.79 Å². The molecule has 2 N–H and O–H groups in total. The van der Waals surface area contributed by atoms with Crippen LogP contribution in [-0.4, -0.2) is 35.2 Å². The number of nitrogens with zero attached hydrogens (tertiary/aromatic N) is 1. The Morgan fingerprint density at radius 3 is 2.32 bits per heavy atom. The highest BCUT2D eigenvalue weighted by molar-refractivity contribution is 7.99. The van der Waals surface area contributed by atoms with Gasteiger partial charge < -0.3 is 5.32 Å². The van der Waals surface area contributed by atoms with E-state index in [1.54, 1.807) is 6.26 Å². The van der Waals surface area contributed by atoms with Crippen LogP contribution in [0.1, 0.15) is 37.3 Å². The molecule has 0 bridgehead atoms. The third-order valence-corrected chi connectivity index (χ3v) is 6.37.